The van der Waals surface area contributed by atoms with Gasteiger partial charge in [0, 0.05) is 24.7 Å². The molecule has 0 aliphatic carbocycles. The molecule has 1 N–H and O–H groups in total. The topological polar surface area (TPSA) is 38.0 Å². The lowest BCUT2D eigenvalue weighted by Gasteiger charge is -1.97. The third-order valence-electron chi connectivity index (χ3n) is 1.75. The molecular formula is C9H16N2OS. The van der Waals surface area contributed by atoms with E-state index in [0.29, 0.717) is 6.61 Å². The van der Waals surface area contributed by atoms with E-state index in [4.69, 9.17) is 5.11 Å². The Labute approximate surface area is 83.1 Å². The van der Waals surface area contributed by atoms with Crippen molar-refractivity contribution in [1.29, 1.82) is 0 Å². The Morgan fingerprint density at radius 2 is 2.31 bits per heavy atom. The normalized spacial score (nSPS) is 10.6. The van der Waals surface area contributed by atoms with Crippen LogP contribution >= 0.6 is 11.8 Å². The second-order valence-corrected chi connectivity index (χ2v) is 4.15. The van der Waals surface area contributed by atoms with Gasteiger partial charge in [-0.15, -0.1) is 11.8 Å². The van der Waals surface area contributed by atoms with Crippen molar-refractivity contribution in [3.8, 4) is 0 Å². The van der Waals surface area contributed by atoms with Gasteiger partial charge in [-0.1, -0.05) is 6.42 Å². The van der Waals surface area contributed by atoms with Crippen molar-refractivity contribution in [1.82, 2.24) is 9.78 Å². The zero-order valence-corrected chi connectivity index (χ0v) is 8.76. The molecule has 0 atom stereocenters. The minimum atomic E-state index is 0.317. The molecule has 0 aliphatic rings. The van der Waals surface area contributed by atoms with Crippen molar-refractivity contribution in [3.05, 3.63) is 12.4 Å². The average Bonchev–Trinajstić information content (AvgIpc) is 2.51. The summed E-state index contributed by atoms with van der Waals surface area (Å²) in [7, 11) is 1.93. The van der Waals surface area contributed by atoms with Gasteiger partial charge in [-0.05, 0) is 18.6 Å². The van der Waals surface area contributed by atoms with Crippen LogP contribution in [-0.2, 0) is 7.05 Å². The molecule has 0 unspecified atom stereocenters. The molecule has 4 heteroatoms. The van der Waals surface area contributed by atoms with E-state index in [1.807, 2.05) is 35.9 Å². The first kappa shape index (κ1) is 10.6. The highest BCUT2D eigenvalue weighted by molar-refractivity contribution is 7.99. The highest BCUT2D eigenvalue weighted by Crippen LogP contribution is 2.17. The molecule has 1 heterocycles. The quantitative estimate of drug-likeness (QED) is 0.561. The number of thioether (sulfide) groups is 1. The SMILES string of the molecule is Cn1cc(SCCCCCO)cn1. The number of unbranched alkanes of at least 4 members (excludes halogenated alkanes) is 2. The van der Waals surface area contributed by atoms with E-state index in [2.05, 4.69) is 5.10 Å². The predicted molar refractivity (Wildman–Crippen MR) is 54.9 cm³/mol. The summed E-state index contributed by atoms with van der Waals surface area (Å²) in [5.41, 5.74) is 0. The Morgan fingerprint density at radius 3 is 2.92 bits per heavy atom. The molecule has 0 radical (unpaired) electrons. The second kappa shape index (κ2) is 6.05. The molecule has 1 aromatic heterocycles. The van der Waals surface area contributed by atoms with Gasteiger partial charge < -0.3 is 5.11 Å². The summed E-state index contributed by atoms with van der Waals surface area (Å²) < 4.78 is 1.82. The van der Waals surface area contributed by atoms with E-state index in [-0.39, 0.29) is 0 Å². The Morgan fingerprint density at radius 1 is 1.46 bits per heavy atom. The fourth-order valence-electron chi connectivity index (χ4n) is 1.05. The summed E-state index contributed by atoms with van der Waals surface area (Å²) in [5, 5.41) is 12.7. The zero-order valence-electron chi connectivity index (χ0n) is 7.94. The second-order valence-electron chi connectivity index (χ2n) is 2.98. The van der Waals surface area contributed by atoms with Gasteiger partial charge in [-0.2, -0.15) is 5.10 Å². The summed E-state index contributed by atoms with van der Waals surface area (Å²) in [6.07, 6.45) is 7.12. The van der Waals surface area contributed by atoms with E-state index >= 15 is 0 Å². The highest BCUT2D eigenvalue weighted by atomic mass is 32.2. The highest BCUT2D eigenvalue weighted by Gasteiger charge is 1.96. The third-order valence-corrected chi connectivity index (χ3v) is 2.79. The van der Waals surface area contributed by atoms with Crippen molar-refractivity contribution >= 4 is 11.8 Å². The number of hydrogen-bond donors (Lipinski definition) is 1. The molecule has 3 nitrogen and oxygen atoms in total. The van der Waals surface area contributed by atoms with Crippen LogP contribution in [0, 0.1) is 0 Å². The van der Waals surface area contributed by atoms with E-state index in [0.717, 1.165) is 18.6 Å². The molecule has 1 rings (SSSR count). The van der Waals surface area contributed by atoms with Crippen LogP contribution in [0.15, 0.2) is 17.3 Å². The standard InChI is InChI=1S/C9H16N2OS/c1-11-8-9(7-10-11)13-6-4-2-3-5-12/h7-8,12H,2-6H2,1H3. The number of aromatic nitrogens is 2. The summed E-state index contributed by atoms with van der Waals surface area (Å²) in [6, 6.07) is 0. The molecule has 0 spiro atoms. The van der Waals surface area contributed by atoms with E-state index in [9.17, 15) is 0 Å². The Balaban J connectivity index is 2.06. The minimum Gasteiger partial charge on any atom is -0.396 e. The summed E-state index contributed by atoms with van der Waals surface area (Å²) in [6.45, 7) is 0.317. The lowest BCUT2D eigenvalue weighted by Crippen LogP contribution is -1.85. The lowest BCUT2D eigenvalue weighted by atomic mass is 10.3. The minimum absolute atomic E-state index is 0.317. The third kappa shape index (κ3) is 4.33. The van der Waals surface area contributed by atoms with Crippen LogP contribution in [0.3, 0.4) is 0 Å². The smallest absolute Gasteiger partial charge is 0.0625 e. The Hall–Kier alpha value is -0.480. The van der Waals surface area contributed by atoms with Gasteiger partial charge in [0.2, 0.25) is 0 Å². The van der Waals surface area contributed by atoms with Crippen LogP contribution in [0.4, 0.5) is 0 Å². The van der Waals surface area contributed by atoms with Crippen molar-refractivity contribution in [3.63, 3.8) is 0 Å². The molecule has 0 bridgehead atoms. The maximum Gasteiger partial charge on any atom is 0.0625 e. The maximum atomic E-state index is 8.57. The number of rotatable bonds is 6. The monoisotopic (exact) mass is 200 g/mol. The number of aryl methyl sites for hydroxylation is 1. The van der Waals surface area contributed by atoms with E-state index in [1.165, 1.54) is 11.3 Å². The summed E-state index contributed by atoms with van der Waals surface area (Å²) in [5.74, 6) is 1.12. The first-order chi connectivity index (χ1) is 6.33. The van der Waals surface area contributed by atoms with Gasteiger partial charge >= 0.3 is 0 Å². The number of nitrogens with zero attached hydrogens (tertiary/aromatic N) is 2. The molecule has 13 heavy (non-hydrogen) atoms. The molecule has 74 valence electrons. The van der Waals surface area contributed by atoms with Gasteiger partial charge in [0.25, 0.3) is 0 Å². The number of hydrogen-bond acceptors (Lipinski definition) is 3. The number of aliphatic hydroxyl groups is 1. The van der Waals surface area contributed by atoms with Crippen LogP contribution in [0.1, 0.15) is 19.3 Å². The first-order valence-electron chi connectivity index (χ1n) is 4.55. The molecule has 0 saturated heterocycles. The van der Waals surface area contributed by atoms with Crippen molar-refractivity contribution in [2.45, 2.75) is 24.2 Å². The fourth-order valence-corrected chi connectivity index (χ4v) is 1.99. The summed E-state index contributed by atoms with van der Waals surface area (Å²) >= 11 is 1.83. The summed E-state index contributed by atoms with van der Waals surface area (Å²) in [4.78, 5) is 1.23. The van der Waals surface area contributed by atoms with Gasteiger partial charge in [0.1, 0.15) is 0 Å². The molecule has 0 amide bonds. The van der Waals surface area contributed by atoms with Gasteiger partial charge in [0.15, 0.2) is 0 Å². The van der Waals surface area contributed by atoms with Gasteiger partial charge in [0.05, 0.1) is 6.20 Å². The lowest BCUT2D eigenvalue weighted by molar-refractivity contribution is 0.284. The van der Waals surface area contributed by atoms with Crippen molar-refractivity contribution in [2.75, 3.05) is 12.4 Å². The fraction of sp³-hybridized carbons (Fsp3) is 0.667. The Bertz CT molecular complexity index is 237. The Kier molecular flexibility index (Phi) is 4.93. The molecule has 0 aliphatic heterocycles. The van der Waals surface area contributed by atoms with Crippen molar-refractivity contribution in [2.24, 2.45) is 7.05 Å². The zero-order chi connectivity index (χ0) is 9.52. The van der Waals surface area contributed by atoms with Crippen LogP contribution in [-0.4, -0.2) is 27.2 Å². The molecule has 0 saturated carbocycles. The van der Waals surface area contributed by atoms with Gasteiger partial charge in [-0.25, -0.2) is 0 Å². The molecule has 1 aromatic rings. The largest absolute Gasteiger partial charge is 0.396 e. The van der Waals surface area contributed by atoms with Crippen LogP contribution in [0.2, 0.25) is 0 Å². The molecule has 0 aromatic carbocycles. The van der Waals surface area contributed by atoms with Crippen LogP contribution in [0.25, 0.3) is 0 Å². The van der Waals surface area contributed by atoms with Crippen LogP contribution < -0.4 is 0 Å². The maximum absolute atomic E-state index is 8.57. The van der Waals surface area contributed by atoms with Crippen LogP contribution in [0.5, 0.6) is 0 Å². The average molecular weight is 200 g/mol. The van der Waals surface area contributed by atoms with Crippen molar-refractivity contribution < 1.29 is 5.11 Å². The van der Waals surface area contributed by atoms with E-state index < -0.39 is 0 Å². The number of aliphatic hydroxyl groups excluding tert-OH is 1. The molecule has 0 fully saturated rings. The van der Waals surface area contributed by atoms with E-state index in [1.54, 1.807) is 0 Å². The first-order valence-corrected chi connectivity index (χ1v) is 5.54. The molecular weight excluding hydrogens is 184 g/mol. The van der Waals surface area contributed by atoms with Gasteiger partial charge in [-0.3, -0.25) is 4.68 Å². The predicted octanol–water partition coefficient (Wildman–Crippen LogP) is 1.67.